The number of nitrogens with zero attached hydrogens (tertiary/aromatic N) is 4. The lowest BCUT2D eigenvalue weighted by atomic mass is 10.2. The molecule has 1 aliphatic rings. The summed E-state index contributed by atoms with van der Waals surface area (Å²) in [6, 6.07) is -0.483. The maximum atomic E-state index is 12.1. The molecule has 0 radical (unpaired) electrons. The standard InChI is InChI=1S/C13H18BrN5O/c1-2-3-11(15)12(20)18-4-6-19(7-5-18)13-16-8-10(14)9-17-13/h2,8-9,11H,1,3-7,15H2. The second kappa shape index (κ2) is 6.81. The van der Waals surface area contributed by atoms with Gasteiger partial charge in [-0.05, 0) is 22.4 Å². The van der Waals surface area contributed by atoms with E-state index in [9.17, 15) is 4.79 Å². The van der Waals surface area contributed by atoms with Gasteiger partial charge < -0.3 is 15.5 Å². The molecule has 0 saturated carbocycles. The summed E-state index contributed by atoms with van der Waals surface area (Å²) in [7, 11) is 0. The quantitative estimate of drug-likeness (QED) is 0.821. The minimum Gasteiger partial charge on any atom is -0.338 e. The van der Waals surface area contributed by atoms with E-state index in [1.165, 1.54) is 0 Å². The molecule has 2 heterocycles. The van der Waals surface area contributed by atoms with Crippen molar-refractivity contribution in [1.82, 2.24) is 14.9 Å². The molecular formula is C13H18BrN5O. The van der Waals surface area contributed by atoms with Crippen molar-refractivity contribution in [1.29, 1.82) is 0 Å². The van der Waals surface area contributed by atoms with Crippen LogP contribution < -0.4 is 10.6 Å². The third kappa shape index (κ3) is 3.55. The van der Waals surface area contributed by atoms with E-state index in [0.29, 0.717) is 38.5 Å². The highest BCUT2D eigenvalue weighted by Crippen LogP contribution is 2.13. The van der Waals surface area contributed by atoms with Crippen molar-refractivity contribution in [2.75, 3.05) is 31.1 Å². The van der Waals surface area contributed by atoms with Crippen LogP contribution in [0.2, 0.25) is 0 Å². The normalized spacial score (nSPS) is 16.9. The first kappa shape index (κ1) is 14.9. The Morgan fingerprint density at radius 1 is 1.40 bits per heavy atom. The minimum atomic E-state index is -0.483. The molecule has 20 heavy (non-hydrogen) atoms. The van der Waals surface area contributed by atoms with Crippen LogP contribution in [0.1, 0.15) is 6.42 Å². The lowest BCUT2D eigenvalue weighted by Crippen LogP contribution is -2.53. The van der Waals surface area contributed by atoms with Crippen LogP contribution in [0.3, 0.4) is 0 Å². The van der Waals surface area contributed by atoms with Gasteiger partial charge in [-0.2, -0.15) is 0 Å². The number of nitrogens with two attached hydrogens (primary N) is 1. The summed E-state index contributed by atoms with van der Waals surface area (Å²) in [5, 5.41) is 0. The molecule has 1 aliphatic heterocycles. The molecule has 6 nitrogen and oxygen atoms in total. The highest BCUT2D eigenvalue weighted by molar-refractivity contribution is 9.10. The molecule has 1 unspecified atom stereocenters. The van der Waals surface area contributed by atoms with E-state index in [-0.39, 0.29) is 5.91 Å². The summed E-state index contributed by atoms with van der Waals surface area (Å²) in [5.41, 5.74) is 5.82. The second-order valence-corrected chi connectivity index (χ2v) is 5.56. The molecule has 108 valence electrons. The molecule has 0 aromatic carbocycles. The molecule has 1 aromatic rings. The van der Waals surface area contributed by atoms with Crippen LogP contribution in [0.15, 0.2) is 29.5 Å². The summed E-state index contributed by atoms with van der Waals surface area (Å²) in [6.07, 6.45) is 5.63. The van der Waals surface area contributed by atoms with Crippen molar-refractivity contribution in [3.63, 3.8) is 0 Å². The van der Waals surface area contributed by atoms with Crippen molar-refractivity contribution in [3.8, 4) is 0 Å². The summed E-state index contributed by atoms with van der Waals surface area (Å²) in [6.45, 7) is 6.32. The molecular weight excluding hydrogens is 322 g/mol. The highest BCUT2D eigenvalue weighted by atomic mass is 79.9. The van der Waals surface area contributed by atoms with Crippen LogP contribution in [0.25, 0.3) is 0 Å². The van der Waals surface area contributed by atoms with Crippen LogP contribution in [-0.2, 0) is 4.79 Å². The number of amides is 1. The second-order valence-electron chi connectivity index (χ2n) is 4.64. The van der Waals surface area contributed by atoms with Gasteiger partial charge in [0.15, 0.2) is 0 Å². The zero-order valence-electron chi connectivity index (χ0n) is 11.2. The first-order valence-corrected chi connectivity index (χ1v) is 7.29. The van der Waals surface area contributed by atoms with E-state index >= 15 is 0 Å². The predicted octanol–water partition coefficient (Wildman–Crippen LogP) is 0.791. The van der Waals surface area contributed by atoms with E-state index in [0.717, 1.165) is 4.47 Å². The summed E-state index contributed by atoms with van der Waals surface area (Å²) < 4.78 is 0.852. The van der Waals surface area contributed by atoms with Gasteiger partial charge in [-0.15, -0.1) is 6.58 Å². The van der Waals surface area contributed by atoms with Crippen molar-refractivity contribution in [2.24, 2.45) is 5.73 Å². The Balaban J connectivity index is 1.90. The molecule has 0 bridgehead atoms. The summed E-state index contributed by atoms with van der Waals surface area (Å²) in [4.78, 5) is 24.5. The molecule has 0 spiro atoms. The summed E-state index contributed by atoms with van der Waals surface area (Å²) >= 11 is 3.31. The third-order valence-electron chi connectivity index (χ3n) is 3.22. The SMILES string of the molecule is C=CCC(N)C(=O)N1CCN(c2ncc(Br)cn2)CC1. The lowest BCUT2D eigenvalue weighted by Gasteiger charge is -2.35. The molecule has 0 aliphatic carbocycles. The van der Waals surface area contributed by atoms with E-state index in [2.05, 4.69) is 37.4 Å². The number of hydrogen-bond donors (Lipinski definition) is 1. The first-order chi connectivity index (χ1) is 9.61. The Bertz CT molecular complexity index is 470. The lowest BCUT2D eigenvalue weighted by molar-refractivity contribution is -0.132. The zero-order valence-corrected chi connectivity index (χ0v) is 12.8. The van der Waals surface area contributed by atoms with Crippen molar-refractivity contribution < 1.29 is 4.79 Å². The Morgan fingerprint density at radius 3 is 2.55 bits per heavy atom. The monoisotopic (exact) mass is 339 g/mol. The van der Waals surface area contributed by atoms with Crippen LogP contribution >= 0.6 is 15.9 Å². The topological polar surface area (TPSA) is 75.4 Å². The van der Waals surface area contributed by atoms with E-state index in [1.54, 1.807) is 23.4 Å². The van der Waals surface area contributed by atoms with Crippen LogP contribution in [-0.4, -0.2) is 53.0 Å². The van der Waals surface area contributed by atoms with Gasteiger partial charge >= 0.3 is 0 Å². The molecule has 1 fully saturated rings. The van der Waals surface area contributed by atoms with E-state index in [1.807, 2.05) is 0 Å². The average Bonchev–Trinajstić information content (AvgIpc) is 2.48. The molecule has 1 saturated heterocycles. The van der Waals surface area contributed by atoms with Gasteiger partial charge in [0.05, 0.1) is 10.5 Å². The van der Waals surface area contributed by atoms with E-state index < -0.39 is 6.04 Å². The van der Waals surface area contributed by atoms with Gasteiger partial charge in [-0.1, -0.05) is 6.08 Å². The fourth-order valence-electron chi connectivity index (χ4n) is 2.11. The fourth-order valence-corrected chi connectivity index (χ4v) is 2.32. The van der Waals surface area contributed by atoms with E-state index in [4.69, 9.17) is 5.73 Å². The Kier molecular flexibility index (Phi) is 5.08. The smallest absolute Gasteiger partial charge is 0.239 e. The van der Waals surface area contributed by atoms with Gasteiger partial charge in [0, 0.05) is 38.6 Å². The highest BCUT2D eigenvalue weighted by Gasteiger charge is 2.25. The number of piperazine rings is 1. The van der Waals surface area contributed by atoms with Crippen molar-refractivity contribution in [2.45, 2.75) is 12.5 Å². The van der Waals surface area contributed by atoms with Gasteiger partial charge in [0.25, 0.3) is 0 Å². The van der Waals surface area contributed by atoms with Crippen molar-refractivity contribution in [3.05, 3.63) is 29.5 Å². The molecule has 7 heteroatoms. The molecule has 1 atom stereocenters. The zero-order chi connectivity index (χ0) is 14.5. The predicted molar refractivity (Wildman–Crippen MR) is 81.3 cm³/mol. The molecule has 2 rings (SSSR count). The van der Waals surface area contributed by atoms with Crippen LogP contribution in [0.5, 0.6) is 0 Å². The maximum absolute atomic E-state index is 12.1. The Labute approximate surface area is 126 Å². The van der Waals surface area contributed by atoms with Crippen molar-refractivity contribution >= 4 is 27.8 Å². The number of aromatic nitrogens is 2. The minimum absolute atomic E-state index is 0.0127. The number of carbonyl (C=O) groups is 1. The first-order valence-electron chi connectivity index (χ1n) is 6.49. The fraction of sp³-hybridized carbons (Fsp3) is 0.462. The molecule has 1 aromatic heterocycles. The number of anilines is 1. The summed E-state index contributed by atoms with van der Waals surface area (Å²) in [5.74, 6) is 0.678. The number of halogens is 1. The third-order valence-corrected chi connectivity index (χ3v) is 3.63. The number of carbonyl (C=O) groups excluding carboxylic acids is 1. The average molecular weight is 340 g/mol. The molecule has 1 amide bonds. The largest absolute Gasteiger partial charge is 0.338 e. The van der Waals surface area contributed by atoms with Gasteiger partial charge in [0.1, 0.15) is 0 Å². The number of hydrogen-bond acceptors (Lipinski definition) is 5. The van der Waals surface area contributed by atoms with Crippen LogP contribution in [0.4, 0.5) is 5.95 Å². The van der Waals surface area contributed by atoms with Gasteiger partial charge in [-0.3, -0.25) is 4.79 Å². The van der Waals surface area contributed by atoms with Gasteiger partial charge in [-0.25, -0.2) is 9.97 Å². The Hall–Kier alpha value is -1.47. The number of rotatable bonds is 4. The maximum Gasteiger partial charge on any atom is 0.239 e. The van der Waals surface area contributed by atoms with Crippen LogP contribution in [0, 0.1) is 0 Å². The Morgan fingerprint density at radius 2 is 2.00 bits per heavy atom. The molecule has 2 N–H and O–H groups in total. The van der Waals surface area contributed by atoms with Gasteiger partial charge in [0.2, 0.25) is 11.9 Å².